The first kappa shape index (κ1) is 11.0. The van der Waals surface area contributed by atoms with Crippen LogP contribution in [0, 0.1) is 6.92 Å². The Kier molecular flexibility index (Phi) is 2.82. The van der Waals surface area contributed by atoms with Crippen molar-refractivity contribution >= 4 is 11.3 Å². The molecule has 0 unspecified atom stereocenters. The second-order valence-corrected chi connectivity index (χ2v) is 5.02. The smallest absolute Gasteiger partial charge is 0.147 e. The van der Waals surface area contributed by atoms with E-state index in [4.69, 9.17) is 0 Å². The van der Waals surface area contributed by atoms with Crippen molar-refractivity contribution in [2.45, 2.75) is 6.92 Å². The fourth-order valence-corrected chi connectivity index (χ4v) is 2.38. The zero-order chi connectivity index (χ0) is 12.4. The first-order valence-electron chi connectivity index (χ1n) is 5.49. The van der Waals surface area contributed by atoms with Gasteiger partial charge in [-0.25, -0.2) is 9.97 Å². The first-order valence-corrected chi connectivity index (χ1v) is 6.30. The van der Waals surface area contributed by atoms with Crippen molar-refractivity contribution in [1.29, 1.82) is 0 Å². The van der Waals surface area contributed by atoms with Gasteiger partial charge < -0.3 is 0 Å². The van der Waals surface area contributed by atoms with Crippen molar-refractivity contribution in [3.05, 3.63) is 48.0 Å². The van der Waals surface area contributed by atoms with Crippen molar-refractivity contribution in [1.82, 2.24) is 20.2 Å². The maximum absolute atomic E-state index is 4.16. The molecular weight excluding hydrogens is 244 g/mol. The van der Waals surface area contributed by atoms with E-state index in [1.54, 1.807) is 23.7 Å². The Morgan fingerprint density at radius 3 is 2.44 bits per heavy atom. The minimum atomic E-state index is 0.936. The van der Waals surface area contributed by atoms with Crippen LogP contribution in [0.2, 0.25) is 0 Å². The van der Waals surface area contributed by atoms with E-state index in [0.717, 1.165) is 26.7 Å². The van der Waals surface area contributed by atoms with E-state index in [9.17, 15) is 0 Å². The molecule has 4 nitrogen and oxygen atoms in total. The number of aryl methyl sites for hydroxylation is 1. The van der Waals surface area contributed by atoms with Crippen molar-refractivity contribution in [3.8, 4) is 21.7 Å². The minimum Gasteiger partial charge on any atom is -0.244 e. The van der Waals surface area contributed by atoms with Gasteiger partial charge in [-0.15, -0.1) is 10.2 Å². The highest BCUT2D eigenvalue weighted by Crippen LogP contribution is 2.27. The van der Waals surface area contributed by atoms with E-state index in [1.165, 1.54) is 6.33 Å². The van der Waals surface area contributed by atoms with Gasteiger partial charge in [0.25, 0.3) is 0 Å². The second kappa shape index (κ2) is 4.62. The summed E-state index contributed by atoms with van der Waals surface area (Å²) in [6, 6.07) is 8.16. The molecule has 0 aliphatic rings. The van der Waals surface area contributed by atoms with Crippen LogP contribution in [0.25, 0.3) is 21.7 Å². The predicted octanol–water partition coefficient (Wildman–Crippen LogP) is 2.97. The van der Waals surface area contributed by atoms with Crippen molar-refractivity contribution in [2.75, 3.05) is 0 Å². The highest BCUT2D eigenvalue weighted by molar-refractivity contribution is 7.14. The van der Waals surface area contributed by atoms with Crippen LogP contribution in [0.3, 0.4) is 0 Å². The standard InChI is InChI=1S/C13H10N4S/c1-9-16-17-13(18-9)11-4-2-3-10(5-11)12-6-14-8-15-7-12/h2-8H,1H3. The molecule has 0 saturated carbocycles. The molecule has 0 bridgehead atoms. The molecule has 3 aromatic rings. The Hall–Kier alpha value is -2.14. The molecule has 0 radical (unpaired) electrons. The molecule has 1 aromatic carbocycles. The lowest BCUT2D eigenvalue weighted by Crippen LogP contribution is -1.83. The van der Waals surface area contributed by atoms with E-state index in [1.807, 2.05) is 25.1 Å². The second-order valence-electron chi connectivity index (χ2n) is 3.83. The SMILES string of the molecule is Cc1nnc(-c2cccc(-c3cncnc3)c2)s1. The van der Waals surface area contributed by atoms with Gasteiger partial charge in [0.1, 0.15) is 16.3 Å². The van der Waals surface area contributed by atoms with Crippen molar-refractivity contribution in [2.24, 2.45) is 0 Å². The average Bonchev–Trinajstić information content (AvgIpc) is 2.87. The van der Waals surface area contributed by atoms with Crippen LogP contribution < -0.4 is 0 Å². The third-order valence-electron chi connectivity index (χ3n) is 2.53. The molecule has 2 aromatic heterocycles. The summed E-state index contributed by atoms with van der Waals surface area (Å²) in [5, 5.41) is 10.1. The topological polar surface area (TPSA) is 51.6 Å². The third-order valence-corrected chi connectivity index (χ3v) is 3.42. The van der Waals surface area contributed by atoms with Crippen LogP contribution in [-0.4, -0.2) is 20.2 Å². The summed E-state index contributed by atoms with van der Waals surface area (Å²) in [7, 11) is 0. The molecule has 0 fully saturated rings. The third kappa shape index (κ3) is 2.12. The van der Waals surface area contributed by atoms with Gasteiger partial charge in [0.2, 0.25) is 0 Å². The molecule has 2 heterocycles. The zero-order valence-electron chi connectivity index (χ0n) is 9.74. The highest BCUT2D eigenvalue weighted by Gasteiger charge is 2.05. The summed E-state index contributed by atoms with van der Waals surface area (Å²) >= 11 is 1.59. The van der Waals surface area contributed by atoms with Crippen LogP contribution in [0.15, 0.2) is 43.0 Å². The normalized spacial score (nSPS) is 10.5. The van der Waals surface area contributed by atoms with Gasteiger partial charge in [-0.2, -0.15) is 0 Å². The quantitative estimate of drug-likeness (QED) is 0.705. The Bertz CT molecular complexity index is 664. The Balaban J connectivity index is 2.05. The fraction of sp³-hybridized carbons (Fsp3) is 0.0769. The van der Waals surface area contributed by atoms with E-state index < -0.39 is 0 Å². The van der Waals surface area contributed by atoms with Crippen LogP contribution in [0.1, 0.15) is 5.01 Å². The van der Waals surface area contributed by atoms with Crippen LogP contribution >= 0.6 is 11.3 Å². The Morgan fingerprint density at radius 1 is 0.944 bits per heavy atom. The van der Waals surface area contributed by atoms with Gasteiger partial charge in [-0.1, -0.05) is 29.5 Å². The summed E-state index contributed by atoms with van der Waals surface area (Å²) in [4.78, 5) is 8.06. The summed E-state index contributed by atoms with van der Waals surface area (Å²) in [6.07, 6.45) is 5.14. The lowest BCUT2D eigenvalue weighted by Gasteiger charge is -2.02. The number of rotatable bonds is 2. The van der Waals surface area contributed by atoms with Crippen LogP contribution in [0.5, 0.6) is 0 Å². The molecule has 0 amide bonds. The summed E-state index contributed by atoms with van der Waals surface area (Å²) in [5.74, 6) is 0. The number of hydrogen-bond acceptors (Lipinski definition) is 5. The molecule has 0 spiro atoms. The molecule has 0 aliphatic heterocycles. The van der Waals surface area contributed by atoms with Gasteiger partial charge in [0.15, 0.2) is 0 Å². The fourth-order valence-electron chi connectivity index (χ4n) is 1.69. The van der Waals surface area contributed by atoms with Gasteiger partial charge in [0, 0.05) is 23.5 Å². The molecule has 0 saturated heterocycles. The predicted molar refractivity (Wildman–Crippen MR) is 71.1 cm³/mol. The largest absolute Gasteiger partial charge is 0.244 e. The molecule has 0 atom stereocenters. The highest BCUT2D eigenvalue weighted by atomic mass is 32.1. The van der Waals surface area contributed by atoms with Gasteiger partial charge >= 0.3 is 0 Å². The molecule has 0 aliphatic carbocycles. The van der Waals surface area contributed by atoms with Gasteiger partial charge in [0.05, 0.1) is 0 Å². The Morgan fingerprint density at radius 2 is 1.72 bits per heavy atom. The minimum absolute atomic E-state index is 0.936. The molecule has 18 heavy (non-hydrogen) atoms. The monoisotopic (exact) mass is 254 g/mol. The Labute approximate surface area is 108 Å². The van der Waals surface area contributed by atoms with Gasteiger partial charge in [-0.3, -0.25) is 0 Å². The van der Waals surface area contributed by atoms with E-state index >= 15 is 0 Å². The van der Waals surface area contributed by atoms with E-state index in [0.29, 0.717) is 0 Å². The summed E-state index contributed by atoms with van der Waals surface area (Å²) in [6.45, 7) is 1.95. The molecule has 88 valence electrons. The van der Waals surface area contributed by atoms with E-state index in [2.05, 4.69) is 26.2 Å². The zero-order valence-corrected chi connectivity index (χ0v) is 10.6. The maximum Gasteiger partial charge on any atom is 0.147 e. The lowest BCUT2D eigenvalue weighted by molar-refractivity contribution is 1.05. The number of hydrogen-bond donors (Lipinski definition) is 0. The van der Waals surface area contributed by atoms with Crippen molar-refractivity contribution < 1.29 is 0 Å². The molecular formula is C13H10N4S. The lowest BCUT2D eigenvalue weighted by atomic mass is 10.1. The van der Waals surface area contributed by atoms with E-state index in [-0.39, 0.29) is 0 Å². The maximum atomic E-state index is 4.16. The average molecular weight is 254 g/mol. The van der Waals surface area contributed by atoms with Gasteiger partial charge in [-0.05, 0) is 18.6 Å². The van der Waals surface area contributed by atoms with Crippen LogP contribution in [0.4, 0.5) is 0 Å². The number of benzene rings is 1. The molecule has 0 N–H and O–H groups in total. The molecule has 3 rings (SSSR count). The summed E-state index contributed by atoms with van der Waals surface area (Å²) in [5.41, 5.74) is 3.16. The summed E-state index contributed by atoms with van der Waals surface area (Å²) < 4.78 is 0. The van der Waals surface area contributed by atoms with Crippen LogP contribution in [-0.2, 0) is 0 Å². The first-order chi connectivity index (χ1) is 8.83. The van der Waals surface area contributed by atoms with Crippen molar-refractivity contribution in [3.63, 3.8) is 0 Å². The molecule has 5 heteroatoms. The number of nitrogens with zero attached hydrogens (tertiary/aromatic N) is 4. The number of aromatic nitrogens is 4.